The van der Waals surface area contributed by atoms with Gasteiger partial charge in [-0.3, -0.25) is 4.99 Å². The Labute approximate surface area is 160 Å². The van der Waals surface area contributed by atoms with Crippen LogP contribution in [0.1, 0.15) is 43.4 Å². The van der Waals surface area contributed by atoms with E-state index in [0.717, 1.165) is 17.8 Å². The fourth-order valence-electron chi connectivity index (χ4n) is 2.80. The molecule has 0 aromatic carbocycles. The molecule has 1 fully saturated rings. The highest BCUT2D eigenvalue weighted by molar-refractivity contribution is 14.0. The van der Waals surface area contributed by atoms with Crippen molar-refractivity contribution in [1.82, 2.24) is 10.6 Å². The molecule has 0 saturated heterocycles. The van der Waals surface area contributed by atoms with Crippen LogP contribution in [0.4, 0.5) is 0 Å². The van der Waals surface area contributed by atoms with Crippen molar-refractivity contribution in [2.75, 3.05) is 19.8 Å². The monoisotopic (exact) mass is 453 g/mol. The van der Waals surface area contributed by atoms with Crippen molar-refractivity contribution in [3.8, 4) is 0 Å². The molecule has 1 aliphatic rings. The third kappa shape index (κ3) is 6.28. The van der Waals surface area contributed by atoms with E-state index in [9.17, 15) is 0 Å². The van der Waals surface area contributed by atoms with E-state index in [2.05, 4.69) is 46.3 Å². The van der Waals surface area contributed by atoms with Crippen molar-refractivity contribution in [3.05, 3.63) is 22.4 Å². The van der Waals surface area contributed by atoms with Gasteiger partial charge < -0.3 is 10.6 Å². The molecule has 0 spiro atoms. The molecule has 2 rings (SSSR count). The van der Waals surface area contributed by atoms with Crippen molar-refractivity contribution in [1.29, 1.82) is 0 Å². The summed E-state index contributed by atoms with van der Waals surface area (Å²) in [5.74, 6) is 1.47. The molecule has 3 nitrogen and oxygen atoms in total. The van der Waals surface area contributed by atoms with Crippen LogP contribution in [0.15, 0.2) is 22.5 Å². The zero-order valence-corrected chi connectivity index (χ0v) is 17.6. The van der Waals surface area contributed by atoms with Gasteiger partial charge in [-0.1, -0.05) is 19.4 Å². The average Bonchev–Trinajstić information content (AvgIpc) is 3.05. The SMILES string of the molecule is CN=C(NCC(C)c1cccs1)NC1CCCC(SC)C1.I. The molecular weight excluding hydrogens is 425 g/mol. The number of thioether (sulfide) groups is 1. The van der Waals surface area contributed by atoms with E-state index < -0.39 is 0 Å². The molecule has 1 heterocycles. The quantitative estimate of drug-likeness (QED) is 0.396. The number of hydrogen-bond acceptors (Lipinski definition) is 3. The molecule has 0 radical (unpaired) electrons. The molecule has 0 bridgehead atoms. The molecule has 0 amide bonds. The van der Waals surface area contributed by atoms with E-state index in [1.165, 1.54) is 30.6 Å². The van der Waals surface area contributed by atoms with Crippen molar-refractivity contribution < 1.29 is 0 Å². The minimum Gasteiger partial charge on any atom is -0.356 e. The van der Waals surface area contributed by atoms with E-state index in [1.807, 2.05) is 30.1 Å². The maximum Gasteiger partial charge on any atom is 0.191 e. The molecule has 3 unspecified atom stereocenters. The van der Waals surface area contributed by atoms with Crippen LogP contribution in [0.3, 0.4) is 0 Å². The van der Waals surface area contributed by atoms with Gasteiger partial charge in [0, 0.05) is 35.7 Å². The highest BCUT2D eigenvalue weighted by atomic mass is 127. The minimum absolute atomic E-state index is 0. The highest BCUT2D eigenvalue weighted by Crippen LogP contribution is 2.26. The van der Waals surface area contributed by atoms with Crippen LogP contribution >= 0.6 is 47.1 Å². The van der Waals surface area contributed by atoms with E-state index in [0.29, 0.717) is 12.0 Å². The second kappa shape index (κ2) is 10.8. The predicted octanol–water partition coefficient (Wildman–Crippen LogP) is 4.31. The first-order chi connectivity index (χ1) is 10.2. The maximum atomic E-state index is 4.38. The molecule has 3 atom stereocenters. The lowest BCUT2D eigenvalue weighted by Gasteiger charge is -2.30. The lowest BCUT2D eigenvalue weighted by molar-refractivity contribution is 0.419. The Kier molecular flexibility index (Phi) is 9.82. The number of hydrogen-bond donors (Lipinski definition) is 2. The third-order valence-corrected chi connectivity index (χ3v) is 6.33. The Morgan fingerprint density at radius 2 is 2.32 bits per heavy atom. The predicted molar refractivity (Wildman–Crippen MR) is 112 cm³/mol. The number of thiophene rings is 1. The van der Waals surface area contributed by atoms with Crippen molar-refractivity contribution >= 4 is 53.0 Å². The number of rotatable bonds is 5. The standard InChI is InChI=1S/C16H27N3S2.HI/c1-12(15-8-5-9-21-15)11-18-16(17-2)19-13-6-4-7-14(10-13)20-3;/h5,8-9,12-14H,4,6-7,10-11H2,1-3H3,(H2,17,18,19);1H. The van der Waals surface area contributed by atoms with Crippen molar-refractivity contribution in [2.24, 2.45) is 4.99 Å². The van der Waals surface area contributed by atoms with Crippen molar-refractivity contribution in [3.63, 3.8) is 0 Å². The largest absolute Gasteiger partial charge is 0.356 e. The number of aliphatic imine (C=N–C) groups is 1. The zero-order chi connectivity index (χ0) is 15.1. The van der Waals surface area contributed by atoms with Crippen LogP contribution in [0, 0.1) is 0 Å². The summed E-state index contributed by atoms with van der Waals surface area (Å²) in [6, 6.07) is 4.89. The molecule has 22 heavy (non-hydrogen) atoms. The Balaban J connectivity index is 0.00000242. The lowest BCUT2D eigenvalue weighted by Crippen LogP contribution is -2.46. The summed E-state index contributed by atoms with van der Waals surface area (Å²) in [5, 5.41) is 10.0. The second-order valence-corrected chi connectivity index (χ2v) is 7.85. The van der Waals surface area contributed by atoms with Crippen LogP contribution in [0.25, 0.3) is 0 Å². The lowest BCUT2D eigenvalue weighted by atomic mass is 9.95. The second-order valence-electron chi connectivity index (χ2n) is 5.74. The Hall–Kier alpha value is 0.0500. The Bertz CT molecular complexity index is 437. The van der Waals surface area contributed by atoms with Crippen molar-refractivity contribution in [2.45, 2.75) is 49.8 Å². The molecule has 1 aliphatic carbocycles. The first-order valence-corrected chi connectivity index (χ1v) is 9.93. The maximum absolute atomic E-state index is 4.38. The fraction of sp³-hybridized carbons (Fsp3) is 0.688. The average molecular weight is 453 g/mol. The molecule has 126 valence electrons. The van der Waals surface area contributed by atoms with Crippen LogP contribution in [-0.4, -0.2) is 37.1 Å². The van der Waals surface area contributed by atoms with Gasteiger partial charge >= 0.3 is 0 Å². The highest BCUT2D eigenvalue weighted by Gasteiger charge is 2.22. The molecule has 1 saturated carbocycles. The van der Waals surface area contributed by atoms with Crippen LogP contribution < -0.4 is 10.6 Å². The summed E-state index contributed by atoms with van der Waals surface area (Å²) in [6.07, 6.45) is 7.43. The molecule has 6 heteroatoms. The number of guanidine groups is 1. The van der Waals surface area contributed by atoms with Gasteiger partial charge in [0.05, 0.1) is 0 Å². The minimum atomic E-state index is 0. The number of nitrogens with zero attached hydrogens (tertiary/aromatic N) is 1. The van der Waals surface area contributed by atoms with Gasteiger partial charge in [-0.15, -0.1) is 35.3 Å². The fourth-order valence-corrected chi connectivity index (χ4v) is 4.41. The van der Waals surface area contributed by atoms with E-state index in [1.54, 1.807) is 0 Å². The Morgan fingerprint density at radius 1 is 1.50 bits per heavy atom. The van der Waals surface area contributed by atoms with Crippen LogP contribution in [0.2, 0.25) is 0 Å². The van der Waals surface area contributed by atoms with E-state index >= 15 is 0 Å². The van der Waals surface area contributed by atoms with Gasteiger partial charge in [-0.05, 0) is 37.0 Å². The van der Waals surface area contributed by atoms with Crippen LogP contribution in [0.5, 0.6) is 0 Å². The van der Waals surface area contributed by atoms with Gasteiger partial charge in [0.15, 0.2) is 5.96 Å². The summed E-state index contributed by atoms with van der Waals surface area (Å²) in [6.45, 7) is 3.19. The summed E-state index contributed by atoms with van der Waals surface area (Å²) >= 11 is 3.83. The zero-order valence-electron chi connectivity index (χ0n) is 13.7. The first kappa shape index (κ1) is 20.1. The molecule has 0 aliphatic heterocycles. The Morgan fingerprint density at radius 3 is 2.95 bits per heavy atom. The number of halogens is 1. The normalized spacial score (nSPS) is 23.5. The van der Waals surface area contributed by atoms with Gasteiger partial charge in [0.2, 0.25) is 0 Å². The summed E-state index contributed by atoms with van der Waals surface area (Å²) in [4.78, 5) is 5.81. The summed E-state index contributed by atoms with van der Waals surface area (Å²) in [5.41, 5.74) is 0. The van der Waals surface area contributed by atoms with Gasteiger partial charge in [-0.25, -0.2) is 0 Å². The summed E-state index contributed by atoms with van der Waals surface area (Å²) < 4.78 is 0. The first-order valence-electron chi connectivity index (χ1n) is 7.76. The van der Waals surface area contributed by atoms with E-state index in [4.69, 9.17) is 0 Å². The van der Waals surface area contributed by atoms with Crippen LogP contribution in [-0.2, 0) is 0 Å². The molecule has 2 N–H and O–H groups in total. The topological polar surface area (TPSA) is 36.4 Å². The van der Waals surface area contributed by atoms with E-state index in [-0.39, 0.29) is 24.0 Å². The van der Waals surface area contributed by atoms with Gasteiger partial charge in [0.25, 0.3) is 0 Å². The number of nitrogens with one attached hydrogen (secondary N) is 2. The molecular formula is C16H28IN3S2. The van der Waals surface area contributed by atoms with Gasteiger partial charge in [0.1, 0.15) is 0 Å². The molecule has 1 aromatic heterocycles. The summed E-state index contributed by atoms with van der Waals surface area (Å²) in [7, 11) is 1.86. The molecule has 1 aromatic rings. The van der Waals surface area contributed by atoms with Gasteiger partial charge in [-0.2, -0.15) is 11.8 Å². The third-order valence-electron chi connectivity index (χ3n) is 4.13. The smallest absolute Gasteiger partial charge is 0.191 e.